The average Bonchev–Trinajstić information content (AvgIpc) is 2.31. The molecule has 0 bridgehead atoms. The van der Waals surface area contributed by atoms with Gasteiger partial charge in [0.2, 0.25) is 5.91 Å². The Hall–Kier alpha value is -1.06. The summed E-state index contributed by atoms with van der Waals surface area (Å²) in [6.45, 7) is 3.24. The summed E-state index contributed by atoms with van der Waals surface area (Å²) in [5.74, 6) is 0.430. The molecular formula is C13H21ClN2O. The number of amides is 1. The standard InChI is InChI=1S/C13H20N2O.ClH/c1-2-11(10-15-13(16)8-9-14)12-6-4-3-5-7-12;/h3-7,11H,2,8-10,14H2,1H3,(H,15,16);1H. The van der Waals surface area contributed by atoms with Gasteiger partial charge in [0.05, 0.1) is 0 Å². The molecule has 1 atom stereocenters. The minimum absolute atomic E-state index is 0. The van der Waals surface area contributed by atoms with Crippen LogP contribution in [0, 0.1) is 0 Å². The summed E-state index contributed by atoms with van der Waals surface area (Å²) in [7, 11) is 0. The van der Waals surface area contributed by atoms with Gasteiger partial charge in [-0.25, -0.2) is 0 Å². The fourth-order valence-electron chi connectivity index (χ4n) is 1.68. The molecule has 0 aromatic heterocycles. The maximum atomic E-state index is 11.3. The lowest BCUT2D eigenvalue weighted by Crippen LogP contribution is -2.29. The minimum Gasteiger partial charge on any atom is -0.355 e. The third-order valence-corrected chi connectivity index (χ3v) is 2.68. The van der Waals surface area contributed by atoms with Crippen molar-refractivity contribution in [2.75, 3.05) is 13.1 Å². The van der Waals surface area contributed by atoms with Crippen LogP contribution in [-0.2, 0) is 4.79 Å². The summed E-state index contributed by atoms with van der Waals surface area (Å²) in [6, 6.07) is 10.3. The summed E-state index contributed by atoms with van der Waals surface area (Å²) in [5, 5.41) is 2.91. The Morgan fingerprint density at radius 2 is 2.00 bits per heavy atom. The lowest BCUT2D eigenvalue weighted by atomic mass is 9.96. The fraction of sp³-hybridized carbons (Fsp3) is 0.462. The van der Waals surface area contributed by atoms with Gasteiger partial charge in [0.1, 0.15) is 0 Å². The molecule has 1 aromatic rings. The monoisotopic (exact) mass is 256 g/mol. The van der Waals surface area contributed by atoms with E-state index in [0.29, 0.717) is 25.4 Å². The third kappa shape index (κ3) is 5.71. The molecule has 0 aliphatic heterocycles. The maximum Gasteiger partial charge on any atom is 0.221 e. The smallest absolute Gasteiger partial charge is 0.221 e. The zero-order valence-electron chi connectivity index (χ0n) is 10.2. The normalized spacial score (nSPS) is 11.4. The van der Waals surface area contributed by atoms with Crippen LogP contribution in [0.2, 0.25) is 0 Å². The molecule has 1 amide bonds. The molecule has 17 heavy (non-hydrogen) atoms. The van der Waals surface area contributed by atoms with Crippen molar-refractivity contribution in [1.29, 1.82) is 0 Å². The van der Waals surface area contributed by atoms with Gasteiger partial charge in [-0.15, -0.1) is 12.4 Å². The third-order valence-electron chi connectivity index (χ3n) is 2.68. The highest BCUT2D eigenvalue weighted by Crippen LogP contribution is 2.17. The first-order valence-corrected chi connectivity index (χ1v) is 5.79. The van der Waals surface area contributed by atoms with Crippen LogP contribution in [0.25, 0.3) is 0 Å². The lowest BCUT2D eigenvalue weighted by Gasteiger charge is -2.16. The Labute approximate surface area is 109 Å². The van der Waals surface area contributed by atoms with Crippen LogP contribution in [0.1, 0.15) is 31.2 Å². The number of hydrogen-bond donors (Lipinski definition) is 2. The molecule has 0 aliphatic carbocycles. The zero-order valence-corrected chi connectivity index (χ0v) is 11.0. The first-order chi connectivity index (χ1) is 7.77. The number of rotatable bonds is 6. The first-order valence-electron chi connectivity index (χ1n) is 5.79. The minimum atomic E-state index is 0. The second kappa shape index (κ2) is 9.02. The number of hydrogen-bond acceptors (Lipinski definition) is 2. The summed E-state index contributed by atoms with van der Waals surface area (Å²) in [6.07, 6.45) is 1.43. The van der Waals surface area contributed by atoms with Gasteiger partial charge in [0, 0.05) is 25.4 Å². The molecule has 1 aromatic carbocycles. The van der Waals surface area contributed by atoms with Gasteiger partial charge in [0.25, 0.3) is 0 Å². The van der Waals surface area contributed by atoms with Crippen LogP contribution in [-0.4, -0.2) is 19.0 Å². The molecule has 0 saturated heterocycles. The summed E-state index contributed by atoms with van der Waals surface area (Å²) >= 11 is 0. The van der Waals surface area contributed by atoms with Crippen molar-refractivity contribution in [3.63, 3.8) is 0 Å². The second-order valence-electron chi connectivity index (χ2n) is 3.86. The Kier molecular flexibility index (Phi) is 8.46. The predicted octanol–water partition coefficient (Wildman–Crippen LogP) is 2.07. The van der Waals surface area contributed by atoms with Crippen molar-refractivity contribution < 1.29 is 4.79 Å². The quantitative estimate of drug-likeness (QED) is 0.819. The Morgan fingerprint density at radius 1 is 1.35 bits per heavy atom. The summed E-state index contributed by atoms with van der Waals surface area (Å²) < 4.78 is 0. The van der Waals surface area contributed by atoms with Crippen molar-refractivity contribution in [3.8, 4) is 0 Å². The lowest BCUT2D eigenvalue weighted by molar-refractivity contribution is -0.120. The number of nitrogens with one attached hydrogen (secondary N) is 1. The van der Waals surface area contributed by atoms with Crippen LogP contribution in [0.5, 0.6) is 0 Å². The van der Waals surface area contributed by atoms with Gasteiger partial charge >= 0.3 is 0 Å². The van der Waals surface area contributed by atoms with Crippen molar-refractivity contribution in [3.05, 3.63) is 35.9 Å². The topological polar surface area (TPSA) is 55.1 Å². The van der Waals surface area contributed by atoms with Gasteiger partial charge in [0.15, 0.2) is 0 Å². The van der Waals surface area contributed by atoms with Crippen LogP contribution >= 0.6 is 12.4 Å². The van der Waals surface area contributed by atoms with Crippen molar-refractivity contribution in [2.24, 2.45) is 5.73 Å². The summed E-state index contributed by atoms with van der Waals surface area (Å²) in [5.41, 5.74) is 6.59. The molecule has 96 valence electrons. The molecule has 1 unspecified atom stereocenters. The highest BCUT2D eigenvalue weighted by Gasteiger charge is 2.09. The number of carbonyl (C=O) groups is 1. The van der Waals surface area contributed by atoms with Crippen LogP contribution < -0.4 is 11.1 Å². The van der Waals surface area contributed by atoms with Crippen molar-refractivity contribution >= 4 is 18.3 Å². The SMILES string of the molecule is CCC(CNC(=O)CCN)c1ccccc1.Cl. The van der Waals surface area contributed by atoms with E-state index in [1.165, 1.54) is 5.56 Å². The summed E-state index contributed by atoms with van der Waals surface area (Å²) in [4.78, 5) is 11.3. The number of benzene rings is 1. The van der Waals surface area contributed by atoms with E-state index in [2.05, 4.69) is 24.4 Å². The molecule has 3 N–H and O–H groups in total. The molecule has 0 aliphatic rings. The Morgan fingerprint density at radius 3 is 2.53 bits per heavy atom. The van der Waals surface area contributed by atoms with Crippen LogP contribution in [0.4, 0.5) is 0 Å². The number of halogens is 1. The number of nitrogens with two attached hydrogens (primary N) is 1. The van der Waals surface area contributed by atoms with E-state index in [4.69, 9.17) is 5.73 Å². The second-order valence-corrected chi connectivity index (χ2v) is 3.86. The maximum absolute atomic E-state index is 11.3. The number of carbonyl (C=O) groups excluding carboxylic acids is 1. The van der Waals surface area contributed by atoms with Gasteiger partial charge < -0.3 is 11.1 Å². The highest BCUT2D eigenvalue weighted by molar-refractivity contribution is 5.85. The Bertz CT molecular complexity index is 316. The first kappa shape index (κ1) is 15.9. The Balaban J connectivity index is 0.00000256. The molecular weight excluding hydrogens is 236 g/mol. The van der Waals surface area contributed by atoms with E-state index in [1.807, 2.05) is 18.2 Å². The molecule has 0 saturated carbocycles. The highest BCUT2D eigenvalue weighted by atomic mass is 35.5. The van der Waals surface area contributed by atoms with E-state index in [0.717, 1.165) is 6.42 Å². The van der Waals surface area contributed by atoms with E-state index >= 15 is 0 Å². The molecule has 0 radical (unpaired) electrons. The molecule has 4 heteroatoms. The van der Waals surface area contributed by atoms with E-state index in [-0.39, 0.29) is 18.3 Å². The largest absolute Gasteiger partial charge is 0.355 e. The molecule has 0 spiro atoms. The molecule has 3 nitrogen and oxygen atoms in total. The van der Waals surface area contributed by atoms with Gasteiger partial charge in [-0.05, 0) is 12.0 Å². The van der Waals surface area contributed by atoms with Crippen LogP contribution in [0.15, 0.2) is 30.3 Å². The molecule has 0 heterocycles. The van der Waals surface area contributed by atoms with E-state index < -0.39 is 0 Å². The van der Waals surface area contributed by atoms with Crippen molar-refractivity contribution in [2.45, 2.75) is 25.7 Å². The molecule has 0 fully saturated rings. The molecule has 1 rings (SSSR count). The zero-order chi connectivity index (χ0) is 11.8. The van der Waals surface area contributed by atoms with Crippen LogP contribution in [0.3, 0.4) is 0 Å². The fourth-order valence-corrected chi connectivity index (χ4v) is 1.68. The van der Waals surface area contributed by atoms with Gasteiger partial charge in [-0.2, -0.15) is 0 Å². The van der Waals surface area contributed by atoms with Crippen molar-refractivity contribution in [1.82, 2.24) is 5.32 Å². The van der Waals surface area contributed by atoms with E-state index in [9.17, 15) is 4.79 Å². The van der Waals surface area contributed by atoms with Gasteiger partial charge in [-0.3, -0.25) is 4.79 Å². The average molecular weight is 257 g/mol. The predicted molar refractivity (Wildman–Crippen MR) is 73.4 cm³/mol. The van der Waals surface area contributed by atoms with Gasteiger partial charge in [-0.1, -0.05) is 37.3 Å². The van der Waals surface area contributed by atoms with E-state index in [1.54, 1.807) is 0 Å².